The van der Waals surface area contributed by atoms with E-state index in [1.54, 1.807) is 48.5 Å². The van der Waals surface area contributed by atoms with Gasteiger partial charge in [-0.25, -0.2) is 9.97 Å². The zero-order chi connectivity index (χ0) is 24.1. The highest BCUT2D eigenvalue weighted by Crippen LogP contribution is 2.32. The van der Waals surface area contributed by atoms with Gasteiger partial charge in [-0.05, 0) is 36.8 Å². The number of Topliss-reactive ketones (excluding diaryl/α,β-unsaturated/α-hetero) is 1. The average molecular weight is 502 g/mol. The highest BCUT2D eigenvalue weighted by molar-refractivity contribution is 8.00. The molecule has 0 aliphatic rings. The van der Waals surface area contributed by atoms with E-state index in [0.717, 1.165) is 16.6 Å². The summed E-state index contributed by atoms with van der Waals surface area (Å²) in [6.45, 7) is 0.420. The van der Waals surface area contributed by atoms with Gasteiger partial charge in [0.05, 0.1) is 16.1 Å². The van der Waals surface area contributed by atoms with Crippen LogP contribution in [0, 0.1) is 0 Å². The van der Waals surface area contributed by atoms with E-state index >= 15 is 0 Å². The SMILES string of the molecule is O=C(NCCc1ccc(C(=O)CSc2nc(C(F)(F)F)nc3ccccc23)s1)c1ccccc1. The van der Waals surface area contributed by atoms with Crippen LogP contribution in [0.1, 0.15) is 30.7 Å². The van der Waals surface area contributed by atoms with Crippen LogP contribution in [0.15, 0.2) is 71.8 Å². The molecular weight excluding hydrogens is 483 g/mol. The highest BCUT2D eigenvalue weighted by atomic mass is 32.2. The third-order valence-corrected chi connectivity index (χ3v) is 6.97. The van der Waals surface area contributed by atoms with E-state index in [-0.39, 0.29) is 28.0 Å². The number of nitrogens with one attached hydrogen (secondary N) is 1. The normalized spacial score (nSPS) is 11.5. The van der Waals surface area contributed by atoms with Crippen LogP contribution in [-0.4, -0.2) is 34.0 Å². The van der Waals surface area contributed by atoms with Gasteiger partial charge in [0.25, 0.3) is 5.91 Å². The van der Waals surface area contributed by atoms with Crippen LogP contribution in [0.4, 0.5) is 13.2 Å². The number of rotatable bonds is 8. The molecule has 5 nitrogen and oxygen atoms in total. The number of amides is 1. The maximum absolute atomic E-state index is 13.2. The number of benzene rings is 2. The minimum absolute atomic E-state index is 0.0526. The number of nitrogens with zero attached hydrogens (tertiary/aromatic N) is 2. The first kappa shape index (κ1) is 23.9. The van der Waals surface area contributed by atoms with Crippen molar-refractivity contribution in [2.24, 2.45) is 0 Å². The van der Waals surface area contributed by atoms with Crippen molar-refractivity contribution in [1.82, 2.24) is 15.3 Å². The number of para-hydroxylation sites is 1. The molecule has 0 spiro atoms. The molecule has 34 heavy (non-hydrogen) atoms. The predicted molar refractivity (Wildman–Crippen MR) is 126 cm³/mol. The first-order chi connectivity index (χ1) is 16.3. The summed E-state index contributed by atoms with van der Waals surface area (Å²) in [5, 5.41) is 3.42. The predicted octanol–water partition coefficient (Wildman–Crippen LogP) is 5.66. The van der Waals surface area contributed by atoms with Gasteiger partial charge in [-0.1, -0.05) is 48.2 Å². The van der Waals surface area contributed by atoms with E-state index in [1.807, 2.05) is 12.1 Å². The molecule has 0 atom stereocenters. The van der Waals surface area contributed by atoms with Gasteiger partial charge in [0.1, 0.15) is 5.03 Å². The van der Waals surface area contributed by atoms with E-state index in [0.29, 0.717) is 28.8 Å². The van der Waals surface area contributed by atoms with Gasteiger partial charge in [-0.3, -0.25) is 9.59 Å². The van der Waals surface area contributed by atoms with Gasteiger partial charge in [-0.15, -0.1) is 11.3 Å². The molecule has 0 fully saturated rings. The second-order valence-electron chi connectivity index (χ2n) is 7.22. The molecule has 1 amide bonds. The van der Waals surface area contributed by atoms with Crippen LogP contribution in [0.25, 0.3) is 10.9 Å². The quantitative estimate of drug-likeness (QED) is 0.192. The fraction of sp³-hybridized carbons (Fsp3) is 0.167. The zero-order valence-electron chi connectivity index (χ0n) is 17.6. The Morgan fingerprint density at radius 2 is 1.68 bits per heavy atom. The van der Waals surface area contributed by atoms with E-state index < -0.39 is 12.0 Å². The molecule has 4 aromatic rings. The highest BCUT2D eigenvalue weighted by Gasteiger charge is 2.35. The Labute approximate surface area is 201 Å². The Kier molecular flexibility index (Phi) is 7.28. The third-order valence-electron chi connectivity index (χ3n) is 4.79. The largest absolute Gasteiger partial charge is 0.451 e. The lowest BCUT2D eigenvalue weighted by atomic mass is 10.2. The summed E-state index contributed by atoms with van der Waals surface area (Å²) in [5.41, 5.74) is 0.753. The molecule has 0 saturated heterocycles. The molecule has 0 unspecified atom stereocenters. The molecule has 10 heteroatoms. The van der Waals surface area contributed by atoms with E-state index in [4.69, 9.17) is 0 Å². The van der Waals surface area contributed by atoms with Crippen molar-refractivity contribution in [2.45, 2.75) is 17.6 Å². The summed E-state index contributed by atoms with van der Waals surface area (Å²) in [4.78, 5) is 33.5. The van der Waals surface area contributed by atoms with E-state index in [9.17, 15) is 22.8 Å². The second-order valence-corrected chi connectivity index (χ2v) is 9.35. The molecule has 0 aliphatic carbocycles. The summed E-state index contributed by atoms with van der Waals surface area (Å²) in [6.07, 6.45) is -4.11. The molecule has 0 saturated carbocycles. The van der Waals surface area contributed by atoms with Gasteiger partial charge in [0.15, 0.2) is 5.78 Å². The number of hydrogen-bond acceptors (Lipinski definition) is 6. The minimum Gasteiger partial charge on any atom is -0.352 e. The molecule has 4 rings (SSSR count). The zero-order valence-corrected chi connectivity index (χ0v) is 19.3. The van der Waals surface area contributed by atoms with Crippen LogP contribution < -0.4 is 5.32 Å². The number of fused-ring (bicyclic) bond motifs is 1. The number of aromatic nitrogens is 2. The lowest BCUT2D eigenvalue weighted by Crippen LogP contribution is -2.25. The lowest BCUT2D eigenvalue weighted by molar-refractivity contribution is -0.145. The summed E-state index contributed by atoms with van der Waals surface area (Å²) < 4.78 is 39.6. The maximum Gasteiger partial charge on any atom is 0.451 e. The summed E-state index contributed by atoms with van der Waals surface area (Å²) in [7, 11) is 0. The maximum atomic E-state index is 13.2. The number of thiophene rings is 1. The Morgan fingerprint density at radius 1 is 0.941 bits per heavy atom. The van der Waals surface area contributed by atoms with Crippen molar-refractivity contribution in [2.75, 3.05) is 12.3 Å². The molecule has 2 aromatic carbocycles. The van der Waals surface area contributed by atoms with Crippen molar-refractivity contribution in [3.63, 3.8) is 0 Å². The number of carbonyl (C=O) groups is 2. The van der Waals surface area contributed by atoms with Crippen molar-refractivity contribution in [3.8, 4) is 0 Å². The molecule has 0 radical (unpaired) electrons. The molecule has 2 heterocycles. The van der Waals surface area contributed by atoms with Gasteiger partial charge >= 0.3 is 6.18 Å². The smallest absolute Gasteiger partial charge is 0.352 e. The number of thioether (sulfide) groups is 1. The molecular formula is C24H18F3N3O2S2. The van der Waals surface area contributed by atoms with Gasteiger partial charge in [0.2, 0.25) is 5.82 Å². The van der Waals surface area contributed by atoms with Gasteiger partial charge in [-0.2, -0.15) is 13.2 Å². The Morgan fingerprint density at radius 3 is 2.44 bits per heavy atom. The van der Waals surface area contributed by atoms with E-state index in [2.05, 4.69) is 15.3 Å². The lowest BCUT2D eigenvalue weighted by Gasteiger charge is -2.10. The summed E-state index contributed by atoms with van der Waals surface area (Å²) in [6, 6.07) is 18.8. The number of carbonyl (C=O) groups excluding carboxylic acids is 2. The number of ketones is 1. The van der Waals surface area contributed by atoms with Crippen molar-refractivity contribution < 1.29 is 22.8 Å². The van der Waals surface area contributed by atoms with Crippen molar-refractivity contribution in [3.05, 3.63) is 87.9 Å². The van der Waals surface area contributed by atoms with E-state index in [1.165, 1.54) is 17.4 Å². The Hall–Kier alpha value is -3.24. The fourth-order valence-electron chi connectivity index (χ4n) is 3.14. The molecule has 1 N–H and O–H groups in total. The summed E-state index contributed by atoms with van der Waals surface area (Å²) >= 11 is 2.27. The number of alkyl halides is 3. The molecule has 0 aliphatic heterocycles. The number of hydrogen-bond donors (Lipinski definition) is 1. The standard InChI is InChI=1S/C24H18F3N3O2S2/c25-24(26,27)23-29-18-9-5-4-8-17(18)22(30-23)33-14-19(31)20-11-10-16(34-20)12-13-28-21(32)15-6-2-1-3-7-15/h1-11H,12-14H2,(H,28,32). The van der Waals surface area contributed by atoms with Gasteiger partial charge < -0.3 is 5.32 Å². The van der Waals surface area contributed by atoms with Crippen LogP contribution in [0.5, 0.6) is 0 Å². The Balaban J connectivity index is 1.37. The molecule has 174 valence electrons. The first-order valence-corrected chi connectivity index (χ1v) is 12.0. The van der Waals surface area contributed by atoms with Crippen molar-refractivity contribution in [1.29, 1.82) is 0 Å². The minimum atomic E-state index is -4.68. The van der Waals surface area contributed by atoms with Crippen LogP contribution in [0.3, 0.4) is 0 Å². The van der Waals surface area contributed by atoms with Crippen LogP contribution in [-0.2, 0) is 12.6 Å². The summed E-state index contributed by atoms with van der Waals surface area (Å²) in [5.74, 6) is -1.65. The fourth-order valence-corrected chi connectivity index (χ4v) is 5.08. The molecule has 2 aromatic heterocycles. The Bertz CT molecular complexity index is 1320. The average Bonchev–Trinajstić information content (AvgIpc) is 3.31. The first-order valence-electron chi connectivity index (χ1n) is 10.2. The third kappa shape index (κ3) is 5.81. The second kappa shape index (κ2) is 10.4. The van der Waals surface area contributed by atoms with Crippen molar-refractivity contribution >= 4 is 45.7 Å². The monoisotopic (exact) mass is 501 g/mol. The molecule has 0 bridgehead atoms. The topological polar surface area (TPSA) is 72.0 Å². The van der Waals surface area contributed by atoms with Gasteiger partial charge in [0, 0.05) is 22.4 Å². The van der Waals surface area contributed by atoms with Crippen LogP contribution >= 0.6 is 23.1 Å². The van der Waals surface area contributed by atoms with Crippen LogP contribution in [0.2, 0.25) is 0 Å². The number of halogens is 3.